The second kappa shape index (κ2) is 8.79. The van der Waals surface area contributed by atoms with Crippen LogP contribution >= 0.6 is 0 Å². The van der Waals surface area contributed by atoms with Crippen molar-refractivity contribution >= 4 is 5.91 Å². The van der Waals surface area contributed by atoms with E-state index in [4.69, 9.17) is 0 Å². The van der Waals surface area contributed by atoms with Gasteiger partial charge in [0.15, 0.2) is 0 Å². The Balaban J connectivity index is 1.62. The highest BCUT2D eigenvalue weighted by molar-refractivity contribution is 5.76. The molecule has 3 rings (SSSR count). The minimum absolute atomic E-state index is 0.255. The molecule has 0 spiro atoms. The monoisotopic (exact) mass is 340 g/mol. The molecule has 1 aliphatic carbocycles. The Morgan fingerprint density at radius 1 is 1.16 bits per heavy atom. The van der Waals surface area contributed by atoms with Gasteiger partial charge in [0.25, 0.3) is 0 Å². The first kappa shape index (κ1) is 17.6. The third-order valence-electron chi connectivity index (χ3n) is 5.19. The number of nitrogens with zero attached hydrogens (tertiary/aromatic N) is 4. The van der Waals surface area contributed by atoms with Crippen LogP contribution in [0.25, 0.3) is 0 Å². The maximum atomic E-state index is 12.9. The number of hydrogen-bond acceptors (Lipinski definition) is 3. The minimum atomic E-state index is 0.255. The minimum Gasteiger partial charge on any atom is -0.339 e. The largest absolute Gasteiger partial charge is 0.339 e. The number of amides is 1. The van der Waals surface area contributed by atoms with E-state index < -0.39 is 0 Å². The van der Waals surface area contributed by atoms with Gasteiger partial charge in [-0.1, -0.05) is 49.6 Å². The molecule has 0 atom stereocenters. The van der Waals surface area contributed by atoms with Crippen LogP contribution in [-0.2, 0) is 24.7 Å². The van der Waals surface area contributed by atoms with Crippen molar-refractivity contribution in [1.29, 1.82) is 0 Å². The molecule has 5 nitrogen and oxygen atoms in total. The molecule has 1 heterocycles. The number of aromatic nitrogens is 3. The molecule has 0 unspecified atom stereocenters. The predicted octanol–water partition coefficient (Wildman–Crippen LogP) is 3.15. The standard InChI is InChI=1S/C20H28N4O/c1-23-16-21-22-19(23)12-13-20(25)24(18-10-6-3-7-11-18)15-14-17-8-4-2-5-9-17/h2,4-5,8-9,16,18H,3,6-7,10-15H2,1H3. The van der Waals surface area contributed by atoms with Gasteiger partial charge in [-0.25, -0.2) is 0 Å². The first-order chi connectivity index (χ1) is 12.2. The van der Waals surface area contributed by atoms with Crippen LogP contribution < -0.4 is 0 Å². The van der Waals surface area contributed by atoms with Gasteiger partial charge in [0.05, 0.1) is 0 Å². The molecule has 0 radical (unpaired) electrons. The summed E-state index contributed by atoms with van der Waals surface area (Å²) in [5.74, 6) is 1.13. The lowest BCUT2D eigenvalue weighted by atomic mass is 9.93. The van der Waals surface area contributed by atoms with Crippen molar-refractivity contribution < 1.29 is 4.79 Å². The molecule has 1 aliphatic rings. The molecule has 2 aromatic rings. The van der Waals surface area contributed by atoms with Gasteiger partial charge in [0.1, 0.15) is 12.2 Å². The van der Waals surface area contributed by atoms with Crippen LogP contribution in [0.2, 0.25) is 0 Å². The van der Waals surface area contributed by atoms with Crippen molar-refractivity contribution in [2.45, 2.75) is 57.4 Å². The van der Waals surface area contributed by atoms with E-state index in [1.807, 2.05) is 17.7 Å². The van der Waals surface area contributed by atoms with Crippen LogP contribution in [-0.4, -0.2) is 38.2 Å². The number of carbonyl (C=O) groups is 1. The van der Waals surface area contributed by atoms with Crippen LogP contribution in [0, 0.1) is 0 Å². The summed E-state index contributed by atoms with van der Waals surface area (Å²) in [7, 11) is 1.92. The average molecular weight is 340 g/mol. The highest BCUT2D eigenvalue weighted by Crippen LogP contribution is 2.24. The third kappa shape index (κ3) is 4.91. The fourth-order valence-corrected chi connectivity index (χ4v) is 3.69. The number of hydrogen-bond donors (Lipinski definition) is 0. The third-order valence-corrected chi connectivity index (χ3v) is 5.19. The number of rotatable bonds is 7. The smallest absolute Gasteiger partial charge is 0.223 e. The molecule has 1 aromatic carbocycles. The maximum absolute atomic E-state index is 12.9. The average Bonchev–Trinajstić information content (AvgIpc) is 3.07. The number of carbonyl (C=O) groups excluding carboxylic acids is 1. The Labute approximate surface area is 150 Å². The van der Waals surface area contributed by atoms with Crippen LogP contribution in [0.4, 0.5) is 0 Å². The van der Waals surface area contributed by atoms with Crippen molar-refractivity contribution in [3.63, 3.8) is 0 Å². The fraction of sp³-hybridized carbons (Fsp3) is 0.550. The molecule has 1 aromatic heterocycles. The van der Waals surface area contributed by atoms with E-state index in [2.05, 4.69) is 39.4 Å². The van der Waals surface area contributed by atoms with Crippen molar-refractivity contribution in [3.05, 3.63) is 48.0 Å². The number of aryl methyl sites for hydroxylation is 2. The van der Waals surface area contributed by atoms with E-state index in [1.54, 1.807) is 6.33 Å². The van der Waals surface area contributed by atoms with E-state index in [0.29, 0.717) is 18.9 Å². The lowest BCUT2D eigenvalue weighted by molar-refractivity contribution is -0.134. The fourth-order valence-electron chi connectivity index (χ4n) is 3.69. The summed E-state index contributed by atoms with van der Waals surface area (Å²) in [6.07, 6.45) is 9.85. The summed E-state index contributed by atoms with van der Waals surface area (Å²) in [4.78, 5) is 15.1. The van der Waals surface area contributed by atoms with Crippen molar-refractivity contribution in [1.82, 2.24) is 19.7 Å². The van der Waals surface area contributed by atoms with Gasteiger partial charge in [-0.3, -0.25) is 4.79 Å². The Hall–Kier alpha value is -2.17. The highest BCUT2D eigenvalue weighted by atomic mass is 16.2. The van der Waals surface area contributed by atoms with E-state index >= 15 is 0 Å². The van der Waals surface area contributed by atoms with Gasteiger partial charge >= 0.3 is 0 Å². The van der Waals surface area contributed by atoms with Gasteiger partial charge in [0, 0.05) is 32.5 Å². The Morgan fingerprint density at radius 3 is 2.60 bits per heavy atom. The van der Waals surface area contributed by atoms with Crippen molar-refractivity contribution in [3.8, 4) is 0 Å². The number of benzene rings is 1. The van der Waals surface area contributed by atoms with Gasteiger partial charge in [-0.2, -0.15) is 0 Å². The summed E-state index contributed by atoms with van der Waals surface area (Å²) < 4.78 is 1.89. The molecular weight excluding hydrogens is 312 g/mol. The van der Waals surface area contributed by atoms with E-state index in [-0.39, 0.29) is 5.91 Å². The molecule has 0 aliphatic heterocycles. The predicted molar refractivity (Wildman–Crippen MR) is 98.1 cm³/mol. The molecule has 0 bridgehead atoms. The zero-order valence-corrected chi connectivity index (χ0v) is 15.1. The molecular formula is C20H28N4O. The molecule has 134 valence electrons. The second-order valence-corrected chi connectivity index (χ2v) is 6.97. The van der Waals surface area contributed by atoms with E-state index in [0.717, 1.165) is 31.6 Å². The molecule has 0 saturated heterocycles. The van der Waals surface area contributed by atoms with Gasteiger partial charge in [-0.05, 0) is 24.8 Å². The van der Waals surface area contributed by atoms with E-state index in [9.17, 15) is 4.79 Å². The molecule has 1 amide bonds. The van der Waals surface area contributed by atoms with E-state index in [1.165, 1.54) is 24.8 Å². The zero-order chi connectivity index (χ0) is 17.5. The summed E-state index contributed by atoms with van der Waals surface area (Å²) in [5, 5.41) is 7.99. The van der Waals surface area contributed by atoms with Crippen LogP contribution in [0.5, 0.6) is 0 Å². The topological polar surface area (TPSA) is 51.0 Å². The Morgan fingerprint density at radius 2 is 1.92 bits per heavy atom. The maximum Gasteiger partial charge on any atom is 0.223 e. The van der Waals surface area contributed by atoms with Crippen molar-refractivity contribution in [2.75, 3.05) is 6.54 Å². The van der Waals surface area contributed by atoms with Crippen LogP contribution in [0.3, 0.4) is 0 Å². The van der Waals surface area contributed by atoms with Crippen molar-refractivity contribution in [2.24, 2.45) is 7.05 Å². The zero-order valence-electron chi connectivity index (χ0n) is 15.1. The summed E-state index contributed by atoms with van der Waals surface area (Å²) >= 11 is 0. The molecule has 1 saturated carbocycles. The lowest BCUT2D eigenvalue weighted by Crippen LogP contribution is -2.42. The quantitative estimate of drug-likeness (QED) is 0.778. The molecule has 1 fully saturated rings. The lowest BCUT2D eigenvalue weighted by Gasteiger charge is -2.34. The normalized spacial score (nSPS) is 15.2. The first-order valence-corrected chi connectivity index (χ1v) is 9.40. The highest BCUT2D eigenvalue weighted by Gasteiger charge is 2.25. The second-order valence-electron chi connectivity index (χ2n) is 6.97. The Kier molecular flexibility index (Phi) is 6.20. The molecule has 25 heavy (non-hydrogen) atoms. The van der Waals surface area contributed by atoms with Gasteiger partial charge < -0.3 is 9.47 Å². The molecule has 0 N–H and O–H groups in total. The van der Waals surface area contributed by atoms with Gasteiger partial charge in [0.2, 0.25) is 5.91 Å². The SMILES string of the molecule is Cn1cnnc1CCC(=O)N(CCc1ccccc1)C1CCCCC1. The Bertz CT molecular complexity index is 661. The summed E-state index contributed by atoms with van der Waals surface area (Å²) in [6.45, 7) is 0.812. The summed E-state index contributed by atoms with van der Waals surface area (Å²) in [5.41, 5.74) is 1.30. The molecule has 5 heteroatoms. The summed E-state index contributed by atoms with van der Waals surface area (Å²) in [6, 6.07) is 10.9. The van der Waals surface area contributed by atoms with Crippen LogP contribution in [0.1, 0.15) is 49.9 Å². The van der Waals surface area contributed by atoms with Gasteiger partial charge in [-0.15, -0.1) is 10.2 Å². The van der Waals surface area contributed by atoms with Crippen LogP contribution in [0.15, 0.2) is 36.7 Å². The first-order valence-electron chi connectivity index (χ1n) is 9.40.